The minimum atomic E-state index is -0.128. The fraction of sp³-hybridized carbons (Fsp3) is 0.400. The Bertz CT molecular complexity index is 660. The summed E-state index contributed by atoms with van der Waals surface area (Å²) in [4.78, 5) is 0. The van der Waals surface area contributed by atoms with E-state index in [0.717, 1.165) is 18.4 Å². The Balaban J connectivity index is 2.56. The zero-order valence-electron chi connectivity index (χ0n) is 14.9. The van der Waals surface area contributed by atoms with Crippen molar-refractivity contribution in [2.45, 2.75) is 38.8 Å². The smallest absolute Gasteiger partial charge is 0.119 e. The van der Waals surface area contributed by atoms with Gasteiger partial charge in [0.15, 0.2) is 0 Å². The molecule has 2 aromatic rings. The molecule has 3 heteroatoms. The minimum Gasteiger partial charge on any atom is -0.508 e. The summed E-state index contributed by atoms with van der Waals surface area (Å²) >= 11 is 0. The first kappa shape index (κ1) is 18.4. The van der Waals surface area contributed by atoms with E-state index < -0.39 is 0 Å². The van der Waals surface area contributed by atoms with Crippen molar-refractivity contribution in [3.8, 4) is 5.75 Å². The molecule has 0 spiro atoms. The van der Waals surface area contributed by atoms with Gasteiger partial charge in [-0.05, 0) is 55.3 Å². The molecule has 0 aromatic heterocycles. The third-order valence-electron chi connectivity index (χ3n) is 4.72. The normalized spacial score (nSPS) is 12.4. The molecule has 124 valence electrons. The molecule has 23 heavy (non-hydrogen) atoms. The van der Waals surface area contributed by atoms with Gasteiger partial charge in [0.05, 0.1) is 0 Å². The van der Waals surface area contributed by atoms with Crippen molar-refractivity contribution >= 4 is 27.1 Å². The molecule has 2 rings (SSSR count). The predicted octanol–water partition coefficient (Wildman–Crippen LogP) is 5.09. The molecule has 0 saturated carbocycles. The SMILES string of the molecule is CCC(CC)(Pc1c(C)cccc1P(C)C)c1ccccc1O. The van der Waals surface area contributed by atoms with E-state index in [4.69, 9.17) is 0 Å². The number of rotatable bonds is 6. The summed E-state index contributed by atoms with van der Waals surface area (Å²) in [6.07, 6.45) is 2.08. The summed E-state index contributed by atoms with van der Waals surface area (Å²) in [5.41, 5.74) is 2.49. The molecule has 0 amide bonds. The Kier molecular flexibility index (Phi) is 6.24. The van der Waals surface area contributed by atoms with Crippen molar-refractivity contribution in [2.75, 3.05) is 13.3 Å². The lowest BCUT2D eigenvalue weighted by Gasteiger charge is -2.35. The van der Waals surface area contributed by atoms with Crippen LogP contribution in [0.4, 0.5) is 0 Å². The zero-order valence-corrected chi connectivity index (χ0v) is 16.7. The van der Waals surface area contributed by atoms with Crippen LogP contribution in [-0.4, -0.2) is 18.4 Å². The van der Waals surface area contributed by atoms with Crippen molar-refractivity contribution in [2.24, 2.45) is 0 Å². The number of benzene rings is 2. The highest BCUT2D eigenvalue weighted by molar-refractivity contribution is 7.66. The molecular weight excluding hydrogens is 318 g/mol. The highest BCUT2D eigenvalue weighted by Crippen LogP contribution is 2.50. The molecule has 0 bridgehead atoms. The Hall–Kier alpha value is -0.900. The first-order valence-corrected chi connectivity index (χ1v) is 11.5. The topological polar surface area (TPSA) is 20.2 Å². The maximum atomic E-state index is 10.4. The van der Waals surface area contributed by atoms with E-state index in [1.807, 2.05) is 18.2 Å². The van der Waals surface area contributed by atoms with Gasteiger partial charge >= 0.3 is 0 Å². The lowest BCUT2D eigenvalue weighted by molar-refractivity contribution is 0.448. The van der Waals surface area contributed by atoms with E-state index in [0.29, 0.717) is 14.3 Å². The number of hydrogen-bond acceptors (Lipinski definition) is 1. The van der Waals surface area contributed by atoms with E-state index in [-0.39, 0.29) is 13.1 Å². The summed E-state index contributed by atoms with van der Waals surface area (Å²) in [7, 11) is 0.559. The van der Waals surface area contributed by atoms with Gasteiger partial charge in [-0.1, -0.05) is 66.7 Å². The molecule has 0 fully saturated rings. The van der Waals surface area contributed by atoms with Crippen LogP contribution in [0, 0.1) is 6.92 Å². The highest BCUT2D eigenvalue weighted by Gasteiger charge is 2.32. The van der Waals surface area contributed by atoms with Gasteiger partial charge in [0.2, 0.25) is 0 Å². The summed E-state index contributed by atoms with van der Waals surface area (Å²) in [6.45, 7) is 11.4. The Morgan fingerprint density at radius 1 is 1.00 bits per heavy atom. The van der Waals surface area contributed by atoms with Crippen molar-refractivity contribution in [3.63, 3.8) is 0 Å². The summed E-state index contributed by atoms with van der Waals surface area (Å²) in [6, 6.07) is 14.6. The molecule has 2 aromatic carbocycles. The molecule has 1 atom stereocenters. The second-order valence-electron chi connectivity index (χ2n) is 6.29. The predicted molar refractivity (Wildman–Crippen MR) is 108 cm³/mol. The maximum absolute atomic E-state index is 10.4. The largest absolute Gasteiger partial charge is 0.508 e. The van der Waals surface area contributed by atoms with Crippen LogP contribution in [0.1, 0.15) is 37.8 Å². The van der Waals surface area contributed by atoms with Crippen LogP contribution in [0.2, 0.25) is 0 Å². The number of aryl methyl sites for hydroxylation is 1. The molecule has 0 radical (unpaired) electrons. The minimum absolute atomic E-state index is 0.0253. The van der Waals surface area contributed by atoms with Crippen LogP contribution in [-0.2, 0) is 5.16 Å². The third kappa shape index (κ3) is 3.78. The zero-order chi connectivity index (χ0) is 17.0. The number of para-hydroxylation sites is 1. The first-order chi connectivity index (χ1) is 10.9. The standard InChI is InChI=1S/C20H28OP2/c1-6-20(7-2,16-12-8-9-13-17(16)21)22-19-15(3)11-10-14-18(19)23(4)5/h8-14,21-22H,6-7H2,1-5H3. The van der Waals surface area contributed by atoms with Gasteiger partial charge < -0.3 is 5.11 Å². The van der Waals surface area contributed by atoms with Crippen molar-refractivity contribution in [1.29, 1.82) is 0 Å². The van der Waals surface area contributed by atoms with Crippen molar-refractivity contribution < 1.29 is 5.11 Å². The summed E-state index contributed by atoms with van der Waals surface area (Å²) in [5, 5.41) is 13.5. The van der Waals surface area contributed by atoms with E-state index >= 15 is 0 Å². The fourth-order valence-electron chi connectivity index (χ4n) is 3.18. The second-order valence-corrected chi connectivity index (χ2v) is 10.3. The molecule has 0 aliphatic heterocycles. The van der Waals surface area contributed by atoms with Crippen LogP contribution >= 0.6 is 16.5 Å². The summed E-state index contributed by atoms with van der Waals surface area (Å²) < 4.78 is 0. The Morgan fingerprint density at radius 3 is 2.22 bits per heavy atom. The van der Waals surface area contributed by atoms with Crippen LogP contribution < -0.4 is 10.6 Å². The van der Waals surface area contributed by atoms with Gasteiger partial charge in [-0.15, -0.1) is 0 Å². The van der Waals surface area contributed by atoms with E-state index in [1.165, 1.54) is 16.2 Å². The molecule has 0 saturated heterocycles. The van der Waals surface area contributed by atoms with Gasteiger partial charge in [0.1, 0.15) is 5.75 Å². The highest BCUT2D eigenvalue weighted by atomic mass is 31.1. The number of phenolic OH excluding ortho intramolecular Hbond substituents is 1. The van der Waals surface area contributed by atoms with Crippen LogP contribution in [0.15, 0.2) is 42.5 Å². The third-order valence-corrected chi connectivity index (χ3v) is 8.64. The van der Waals surface area contributed by atoms with Gasteiger partial charge in [-0.25, -0.2) is 0 Å². The van der Waals surface area contributed by atoms with E-state index in [1.54, 1.807) is 0 Å². The fourth-order valence-corrected chi connectivity index (χ4v) is 6.70. The maximum Gasteiger partial charge on any atom is 0.119 e. The lowest BCUT2D eigenvalue weighted by atomic mass is 9.92. The quantitative estimate of drug-likeness (QED) is 0.723. The molecule has 1 N–H and O–H groups in total. The van der Waals surface area contributed by atoms with Crippen LogP contribution in [0.5, 0.6) is 5.75 Å². The lowest BCUT2D eigenvalue weighted by Crippen LogP contribution is -2.29. The monoisotopic (exact) mass is 346 g/mol. The van der Waals surface area contributed by atoms with Gasteiger partial charge in [0, 0.05) is 10.7 Å². The first-order valence-electron chi connectivity index (χ1n) is 8.28. The van der Waals surface area contributed by atoms with Gasteiger partial charge in [-0.3, -0.25) is 0 Å². The Labute approximate surface area is 144 Å². The second kappa shape index (κ2) is 7.78. The van der Waals surface area contributed by atoms with Crippen molar-refractivity contribution in [3.05, 3.63) is 53.6 Å². The molecule has 1 unspecified atom stereocenters. The number of phenols is 1. The van der Waals surface area contributed by atoms with E-state index in [2.05, 4.69) is 58.4 Å². The average Bonchev–Trinajstić information content (AvgIpc) is 2.54. The van der Waals surface area contributed by atoms with Crippen LogP contribution in [0.3, 0.4) is 0 Å². The van der Waals surface area contributed by atoms with Gasteiger partial charge in [0.25, 0.3) is 0 Å². The summed E-state index contributed by atoms with van der Waals surface area (Å²) in [5.74, 6) is 0.439. The molecule has 0 heterocycles. The van der Waals surface area contributed by atoms with Crippen LogP contribution in [0.25, 0.3) is 0 Å². The average molecular weight is 346 g/mol. The molecule has 0 aliphatic rings. The van der Waals surface area contributed by atoms with E-state index in [9.17, 15) is 5.11 Å². The number of hydrogen-bond donors (Lipinski definition) is 1. The Morgan fingerprint density at radius 2 is 1.65 bits per heavy atom. The molecule has 1 nitrogen and oxygen atoms in total. The molecule has 0 aliphatic carbocycles. The number of aromatic hydroxyl groups is 1. The van der Waals surface area contributed by atoms with Gasteiger partial charge in [-0.2, -0.15) is 0 Å². The van der Waals surface area contributed by atoms with Crippen molar-refractivity contribution in [1.82, 2.24) is 0 Å². The molecular formula is C20H28OP2.